The first kappa shape index (κ1) is 16.7. The second-order valence-electron chi connectivity index (χ2n) is 5.38. The van der Waals surface area contributed by atoms with Crippen LogP contribution in [-0.4, -0.2) is 27.7 Å². The van der Waals surface area contributed by atoms with Gasteiger partial charge in [0.15, 0.2) is 0 Å². The largest absolute Gasteiger partial charge is 0.381 e. The molecule has 1 aromatic rings. The minimum absolute atomic E-state index is 0.0975. The fourth-order valence-electron chi connectivity index (χ4n) is 2.74. The van der Waals surface area contributed by atoms with E-state index in [4.69, 9.17) is 22.1 Å². The molecule has 1 fully saturated rings. The van der Waals surface area contributed by atoms with Crippen molar-refractivity contribution in [3.63, 3.8) is 0 Å². The van der Waals surface area contributed by atoms with Crippen molar-refractivity contribution < 1.29 is 13.2 Å². The number of hydrogen-bond donors (Lipinski definition) is 2. The van der Waals surface area contributed by atoms with Gasteiger partial charge in [-0.1, -0.05) is 11.6 Å². The highest BCUT2D eigenvalue weighted by Gasteiger charge is 2.29. The van der Waals surface area contributed by atoms with E-state index in [-0.39, 0.29) is 23.6 Å². The van der Waals surface area contributed by atoms with E-state index in [1.165, 1.54) is 6.07 Å². The summed E-state index contributed by atoms with van der Waals surface area (Å²) in [5.41, 5.74) is 7.03. The SMILES string of the molecule is COC1CCC(NS(=O)(=O)c2cc(Cl)cc(CN)c2C)C1. The third-order valence-corrected chi connectivity index (χ3v) is 5.85. The predicted molar refractivity (Wildman–Crippen MR) is 82.8 cm³/mol. The Balaban J connectivity index is 2.26. The number of methoxy groups -OCH3 is 1. The molecule has 5 nitrogen and oxygen atoms in total. The molecule has 1 aliphatic carbocycles. The Bertz CT molecular complexity index is 619. The number of halogens is 1. The first-order chi connectivity index (χ1) is 9.87. The van der Waals surface area contributed by atoms with E-state index < -0.39 is 10.0 Å². The molecule has 0 saturated heterocycles. The summed E-state index contributed by atoms with van der Waals surface area (Å²) < 4.78 is 33.2. The van der Waals surface area contributed by atoms with Gasteiger partial charge in [-0.3, -0.25) is 0 Å². The van der Waals surface area contributed by atoms with Gasteiger partial charge in [0.2, 0.25) is 10.0 Å². The molecule has 0 spiro atoms. The zero-order valence-electron chi connectivity index (χ0n) is 12.2. The van der Waals surface area contributed by atoms with Gasteiger partial charge in [0.05, 0.1) is 11.0 Å². The van der Waals surface area contributed by atoms with Gasteiger partial charge in [0, 0.05) is 24.7 Å². The normalized spacial score (nSPS) is 22.7. The number of benzene rings is 1. The highest BCUT2D eigenvalue weighted by Crippen LogP contribution is 2.27. The molecule has 2 rings (SSSR count). The fourth-order valence-corrected chi connectivity index (χ4v) is 4.65. The molecule has 7 heteroatoms. The van der Waals surface area contributed by atoms with Crippen molar-refractivity contribution in [3.8, 4) is 0 Å². The summed E-state index contributed by atoms with van der Waals surface area (Å²) >= 11 is 6.00. The van der Waals surface area contributed by atoms with E-state index in [9.17, 15) is 8.42 Å². The van der Waals surface area contributed by atoms with Crippen LogP contribution in [0.25, 0.3) is 0 Å². The van der Waals surface area contributed by atoms with Crippen LogP contribution in [0.5, 0.6) is 0 Å². The minimum atomic E-state index is -3.61. The van der Waals surface area contributed by atoms with Gasteiger partial charge >= 0.3 is 0 Å². The molecule has 0 aliphatic heterocycles. The van der Waals surface area contributed by atoms with Gasteiger partial charge in [-0.05, 0) is 49.4 Å². The average Bonchev–Trinajstić information content (AvgIpc) is 2.87. The first-order valence-corrected chi connectivity index (χ1v) is 8.77. The van der Waals surface area contributed by atoms with E-state index in [1.54, 1.807) is 20.1 Å². The molecule has 0 aromatic heterocycles. The van der Waals surface area contributed by atoms with Crippen molar-refractivity contribution in [2.45, 2.75) is 49.8 Å². The molecule has 2 unspecified atom stereocenters. The van der Waals surface area contributed by atoms with Crippen molar-refractivity contribution in [3.05, 3.63) is 28.3 Å². The highest BCUT2D eigenvalue weighted by molar-refractivity contribution is 7.89. The quantitative estimate of drug-likeness (QED) is 0.863. The smallest absolute Gasteiger partial charge is 0.241 e. The Labute approximate surface area is 130 Å². The summed E-state index contributed by atoms with van der Waals surface area (Å²) in [6, 6.07) is 3.08. The van der Waals surface area contributed by atoms with Gasteiger partial charge < -0.3 is 10.5 Å². The van der Waals surface area contributed by atoms with Crippen LogP contribution in [0.3, 0.4) is 0 Å². The molecule has 1 aromatic carbocycles. The van der Waals surface area contributed by atoms with Gasteiger partial charge in [0.1, 0.15) is 0 Å². The van der Waals surface area contributed by atoms with Gasteiger partial charge in [0.25, 0.3) is 0 Å². The monoisotopic (exact) mass is 332 g/mol. The number of nitrogens with two attached hydrogens (primary N) is 1. The van der Waals surface area contributed by atoms with Crippen LogP contribution in [0.4, 0.5) is 0 Å². The van der Waals surface area contributed by atoms with Crippen LogP contribution in [0, 0.1) is 6.92 Å². The summed E-state index contributed by atoms with van der Waals surface area (Å²) in [6.45, 7) is 2.00. The van der Waals surface area contributed by atoms with Crippen LogP contribution in [0.15, 0.2) is 17.0 Å². The lowest BCUT2D eigenvalue weighted by molar-refractivity contribution is 0.107. The van der Waals surface area contributed by atoms with Gasteiger partial charge in [-0.25, -0.2) is 13.1 Å². The second kappa shape index (κ2) is 6.62. The van der Waals surface area contributed by atoms with Crippen LogP contribution in [-0.2, 0) is 21.3 Å². The number of nitrogens with one attached hydrogen (secondary N) is 1. The summed E-state index contributed by atoms with van der Waals surface area (Å²) in [7, 11) is -1.96. The maximum Gasteiger partial charge on any atom is 0.241 e. The molecule has 118 valence electrons. The lowest BCUT2D eigenvalue weighted by Crippen LogP contribution is -2.34. The Kier molecular flexibility index (Phi) is 5.27. The lowest BCUT2D eigenvalue weighted by Gasteiger charge is -2.16. The lowest BCUT2D eigenvalue weighted by atomic mass is 10.1. The summed E-state index contributed by atoms with van der Waals surface area (Å²) in [6.07, 6.45) is 2.46. The average molecular weight is 333 g/mol. The summed E-state index contributed by atoms with van der Waals surface area (Å²) in [5.74, 6) is 0. The standard InChI is InChI=1S/C14H21ClN2O3S/c1-9-10(8-16)5-11(15)6-14(9)21(18,19)17-12-3-4-13(7-12)20-2/h5-6,12-13,17H,3-4,7-8,16H2,1-2H3. The van der Waals surface area contributed by atoms with Crippen LogP contribution in [0.1, 0.15) is 30.4 Å². The molecule has 3 N–H and O–H groups in total. The highest BCUT2D eigenvalue weighted by atomic mass is 35.5. The van der Waals surface area contributed by atoms with Crippen molar-refractivity contribution >= 4 is 21.6 Å². The third kappa shape index (κ3) is 3.76. The van der Waals surface area contributed by atoms with E-state index in [1.807, 2.05) is 0 Å². The van der Waals surface area contributed by atoms with E-state index >= 15 is 0 Å². The maximum absolute atomic E-state index is 12.6. The minimum Gasteiger partial charge on any atom is -0.381 e. The molecule has 0 heterocycles. The fraction of sp³-hybridized carbons (Fsp3) is 0.571. The zero-order chi connectivity index (χ0) is 15.6. The zero-order valence-corrected chi connectivity index (χ0v) is 13.8. The predicted octanol–water partition coefficient (Wildman–Crippen LogP) is 1.95. The molecular weight excluding hydrogens is 312 g/mol. The van der Waals surface area contributed by atoms with Crippen molar-refractivity contribution in [1.29, 1.82) is 0 Å². The second-order valence-corrected chi connectivity index (χ2v) is 7.50. The van der Waals surface area contributed by atoms with Crippen LogP contribution in [0.2, 0.25) is 5.02 Å². The van der Waals surface area contributed by atoms with E-state index in [0.717, 1.165) is 18.4 Å². The third-order valence-electron chi connectivity index (χ3n) is 3.98. The first-order valence-electron chi connectivity index (χ1n) is 6.91. The Morgan fingerprint density at radius 3 is 2.71 bits per heavy atom. The van der Waals surface area contributed by atoms with Crippen molar-refractivity contribution in [2.75, 3.05) is 7.11 Å². The Morgan fingerprint density at radius 1 is 1.43 bits per heavy atom. The molecule has 1 saturated carbocycles. The van der Waals surface area contributed by atoms with E-state index in [2.05, 4.69) is 4.72 Å². The van der Waals surface area contributed by atoms with Crippen molar-refractivity contribution in [2.24, 2.45) is 5.73 Å². The summed E-state index contributed by atoms with van der Waals surface area (Å²) in [5, 5.41) is 0.377. The van der Waals surface area contributed by atoms with Crippen LogP contribution < -0.4 is 10.5 Å². The topological polar surface area (TPSA) is 81.4 Å². The molecule has 21 heavy (non-hydrogen) atoms. The Morgan fingerprint density at radius 2 is 2.14 bits per heavy atom. The molecular formula is C14H21ClN2O3S. The Hall–Kier alpha value is -0.660. The molecule has 0 radical (unpaired) electrons. The van der Waals surface area contributed by atoms with Gasteiger partial charge in [-0.2, -0.15) is 0 Å². The maximum atomic E-state index is 12.6. The van der Waals surface area contributed by atoms with Crippen LogP contribution >= 0.6 is 11.6 Å². The number of hydrogen-bond acceptors (Lipinski definition) is 4. The van der Waals surface area contributed by atoms with Gasteiger partial charge in [-0.15, -0.1) is 0 Å². The molecule has 2 atom stereocenters. The number of ether oxygens (including phenoxy) is 1. The number of sulfonamides is 1. The van der Waals surface area contributed by atoms with E-state index in [0.29, 0.717) is 17.0 Å². The molecule has 1 aliphatic rings. The summed E-state index contributed by atoms with van der Waals surface area (Å²) in [4.78, 5) is 0.205. The molecule has 0 amide bonds. The van der Waals surface area contributed by atoms with Crippen molar-refractivity contribution in [1.82, 2.24) is 4.72 Å². The molecule has 0 bridgehead atoms. The number of rotatable bonds is 5.